The highest BCUT2D eigenvalue weighted by Gasteiger charge is 2.34. The fourth-order valence-electron chi connectivity index (χ4n) is 3.91. The second kappa shape index (κ2) is 10.3. The van der Waals surface area contributed by atoms with Gasteiger partial charge < -0.3 is 14.5 Å². The second-order valence-corrected chi connectivity index (χ2v) is 8.10. The Morgan fingerprint density at radius 3 is 2.34 bits per heavy atom. The van der Waals surface area contributed by atoms with Crippen molar-refractivity contribution in [3.05, 3.63) is 75.6 Å². The van der Waals surface area contributed by atoms with Crippen molar-refractivity contribution in [1.29, 1.82) is 0 Å². The first-order valence-corrected chi connectivity index (χ1v) is 11.4. The Labute approximate surface area is 200 Å². The van der Waals surface area contributed by atoms with E-state index in [-0.39, 0.29) is 35.1 Å². The number of nitrogens with one attached hydrogen (secondary N) is 1. The van der Waals surface area contributed by atoms with Crippen LogP contribution in [0.2, 0.25) is 0 Å². The van der Waals surface area contributed by atoms with Crippen LogP contribution in [0.25, 0.3) is 11.0 Å². The number of unbranched alkanes of at least 4 members (excludes halogenated alkanes) is 2. The standard InChI is InChI=1S/C26H24N2O7/c1-2-27-23(30)20-14-16-11-12-17(15-21(16)35-26(20)33)34-22(29)10-4-3-7-13-28-24(31)18-8-5-6-9-19(18)25(28)32/h5-6,8-9,11-12,14-15H,2-4,7,10,13H2,1H3,(H,27,30). The minimum atomic E-state index is -0.773. The minimum Gasteiger partial charge on any atom is -0.426 e. The molecule has 180 valence electrons. The molecule has 0 saturated carbocycles. The third-order valence-corrected chi connectivity index (χ3v) is 5.66. The van der Waals surface area contributed by atoms with Gasteiger partial charge in [-0.15, -0.1) is 0 Å². The van der Waals surface area contributed by atoms with Crippen molar-refractivity contribution in [2.45, 2.75) is 32.6 Å². The third-order valence-electron chi connectivity index (χ3n) is 5.66. The van der Waals surface area contributed by atoms with Crippen LogP contribution in [0.15, 0.2) is 57.7 Å². The summed E-state index contributed by atoms with van der Waals surface area (Å²) in [5.74, 6) is -1.31. The zero-order valence-corrected chi connectivity index (χ0v) is 19.2. The molecule has 0 aliphatic carbocycles. The van der Waals surface area contributed by atoms with Gasteiger partial charge in [0, 0.05) is 31.0 Å². The largest absolute Gasteiger partial charge is 0.426 e. The number of hydrogen-bond donors (Lipinski definition) is 1. The normalized spacial score (nSPS) is 12.7. The maximum atomic E-state index is 12.4. The van der Waals surface area contributed by atoms with Crippen LogP contribution < -0.4 is 15.7 Å². The molecule has 2 heterocycles. The number of rotatable bonds is 9. The van der Waals surface area contributed by atoms with Crippen molar-refractivity contribution in [1.82, 2.24) is 10.2 Å². The van der Waals surface area contributed by atoms with E-state index in [4.69, 9.17) is 9.15 Å². The van der Waals surface area contributed by atoms with Crippen LogP contribution in [-0.4, -0.2) is 41.7 Å². The quantitative estimate of drug-likeness (QED) is 0.165. The number of nitrogens with zero attached hydrogens (tertiary/aromatic N) is 1. The predicted molar refractivity (Wildman–Crippen MR) is 126 cm³/mol. The summed E-state index contributed by atoms with van der Waals surface area (Å²) in [6, 6.07) is 12.8. The van der Waals surface area contributed by atoms with Crippen molar-refractivity contribution in [3.63, 3.8) is 0 Å². The molecule has 1 aromatic heterocycles. The zero-order valence-electron chi connectivity index (χ0n) is 19.2. The molecular formula is C26H24N2O7. The zero-order chi connectivity index (χ0) is 24.9. The molecule has 0 saturated heterocycles. The van der Waals surface area contributed by atoms with Crippen LogP contribution in [0.3, 0.4) is 0 Å². The number of imide groups is 1. The van der Waals surface area contributed by atoms with E-state index in [0.717, 1.165) is 0 Å². The molecule has 9 heteroatoms. The SMILES string of the molecule is CCNC(=O)c1cc2ccc(OC(=O)CCCCCN3C(=O)c4ccccc4C3=O)cc2oc1=O. The lowest BCUT2D eigenvalue weighted by molar-refractivity contribution is -0.134. The van der Waals surface area contributed by atoms with E-state index in [1.807, 2.05) is 0 Å². The number of hydrogen-bond acceptors (Lipinski definition) is 7. The number of esters is 1. The lowest BCUT2D eigenvalue weighted by Gasteiger charge is -2.13. The molecule has 0 radical (unpaired) electrons. The Hall–Kier alpha value is -4.27. The fourth-order valence-corrected chi connectivity index (χ4v) is 3.91. The Kier molecular flexibility index (Phi) is 7.05. The van der Waals surface area contributed by atoms with Gasteiger partial charge in [-0.25, -0.2) is 4.79 Å². The van der Waals surface area contributed by atoms with E-state index in [1.54, 1.807) is 43.3 Å². The van der Waals surface area contributed by atoms with Gasteiger partial charge >= 0.3 is 11.6 Å². The number of ether oxygens (including phenoxy) is 1. The van der Waals surface area contributed by atoms with Crippen molar-refractivity contribution in [2.75, 3.05) is 13.1 Å². The number of carbonyl (C=O) groups is 4. The highest BCUT2D eigenvalue weighted by molar-refractivity contribution is 6.21. The van der Waals surface area contributed by atoms with Crippen LogP contribution in [0.4, 0.5) is 0 Å². The molecule has 1 aliphatic heterocycles. The monoisotopic (exact) mass is 476 g/mol. The summed E-state index contributed by atoms with van der Waals surface area (Å²) in [6.45, 7) is 2.42. The van der Waals surface area contributed by atoms with Gasteiger partial charge in [0.1, 0.15) is 16.9 Å². The highest BCUT2D eigenvalue weighted by atomic mass is 16.5. The molecule has 0 spiro atoms. The number of benzene rings is 2. The first-order chi connectivity index (χ1) is 16.9. The highest BCUT2D eigenvalue weighted by Crippen LogP contribution is 2.23. The van der Waals surface area contributed by atoms with Crippen LogP contribution in [0.1, 0.15) is 63.7 Å². The topological polar surface area (TPSA) is 123 Å². The average Bonchev–Trinajstić information content (AvgIpc) is 3.08. The van der Waals surface area contributed by atoms with E-state index in [2.05, 4.69) is 5.32 Å². The van der Waals surface area contributed by atoms with E-state index >= 15 is 0 Å². The molecule has 4 rings (SSSR count). The number of fused-ring (bicyclic) bond motifs is 2. The summed E-state index contributed by atoms with van der Waals surface area (Å²) in [7, 11) is 0. The van der Waals surface area contributed by atoms with Crippen LogP contribution in [0, 0.1) is 0 Å². The van der Waals surface area contributed by atoms with E-state index < -0.39 is 17.5 Å². The van der Waals surface area contributed by atoms with Crippen LogP contribution >= 0.6 is 0 Å². The second-order valence-electron chi connectivity index (χ2n) is 8.10. The summed E-state index contributed by atoms with van der Waals surface area (Å²) in [5.41, 5.74) is 0.185. The Morgan fingerprint density at radius 2 is 1.66 bits per heavy atom. The Morgan fingerprint density at radius 1 is 0.943 bits per heavy atom. The molecule has 9 nitrogen and oxygen atoms in total. The van der Waals surface area contributed by atoms with Gasteiger partial charge in [0.15, 0.2) is 0 Å². The Balaban J connectivity index is 1.26. The van der Waals surface area contributed by atoms with Crippen LogP contribution in [0.5, 0.6) is 5.75 Å². The molecule has 3 aromatic rings. The van der Waals surface area contributed by atoms with Crippen molar-refractivity contribution >= 4 is 34.7 Å². The Bertz CT molecular complexity index is 1340. The van der Waals surface area contributed by atoms with Crippen molar-refractivity contribution in [3.8, 4) is 5.75 Å². The number of carbonyl (C=O) groups excluding carboxylic acids is 4. The third kappa shape index (κ3) is 5.13. The van der Waals surface area contributed by atoms with E-state index in [9.17, 15) is 24.0 Å². The van der Waals surface area contributed by atoms with Gasteiger partial charge in [-0.3, -0.25) is 24.1 Å². The van der Waals surface area contributed by atoms with Crippen molar-refractivity contribution < 1.29 is 28.3 Å². The first kappa shape index (κ1) is 23.9. The van der Waals surface area contributed by atoms with E-state index in [0.29, 0.717) is 48.9 Å². The van der Waals surface area contributed by atoms with Gasteiger partial charge in [-0.2, -0.15) is 0 Å². The summed E-state index contributed by atoms with van der Waals surface area (Å²) in [4.78, 5) is 62.2. The van der Waals surface area contributed by atoms with Gasteiger partial charge in [0.05, 0.1) is 11.1 Å². The lowest BCUT2D eigenvalue weighted by atomic mass is 10.1. The number of amides is 3. The molecule has 0 fully saturated rings. The predicted octanol–water partition coefficient (Wildman–Crippen LogP) is 3.30. The summed E-state index contributed by atoms with van der Waals surface area (Å²) >= 11 is 0. The average molecular weight is 476 g/mol. The molecule has 1 N–H and O–H groups in total. The summed E-state index contributed by atoms with van der Waals surface area (Å²) < 4.78 is 10.6. The lowest BCUT2D eigenvalue weighted by Crippen LogP contribution is -2.30. The maximum absolute atomic E-state index is 12.4. The van der Waals surface area contributed by atoms with Gasteiger partial charge in [0.2, 0.25) is 0 Å². The molecule has 1 aliphatic rings. The van der Waals surface area contributed by atoms with Gasteiger partial charge in [0.25, 0.3) is 17.7 Å². The summed E-state index contributed by atoms with van der Waals surface area (Å²) in [5, 5.41) is 3.08. The van der Waals surface area contributed by atoms with Crippen LogP contribution in [-0.2, 0) is 4.79 Å². The molecule has 0 unspecified atom stereocenters. The molecule has 35 heavy (non-hydrogen) atoms. The molecule has 2 aromatic carbocycles. The molecule has 0 bridgehead atoms. The minimum absolute atomic E-state index is 0.0923. The molecule has 3 amide bonds. The van der Waals surface area contributed by atoms with Crippen molar-refractivity contribution in [2.24, 2.45) is 0 Å². The van der Waals surface area contributed by atoms with E-state index in [1.165, 1.54) is 17.0 Å². The first-order valence-electron chi connectivity index (χ1n) is 11.4. The van der Waals surface area contributed by atoms with Gasteiger partial charge in [-0.05, 0) is 50.1 Å². The van der Waals surface area contributed by atoms with Gasteiger partial charge in [-0.1, -0.05) is 18.6 Å². The smallest absolute Gasteiger partial charge is 0.349 e. The molecule has 0 atom stereocenters. The summed E-state index contributed by atoms with van der Waals surface area (Å²) in [6.07, 6.45) is 1.90. The fraction of sp³-hybridized carbons (Fsp3) is 0.269. The molecular weight excluding hydrogens is 452 g/mol. The maximum Gasteiger partial charge on any atom is 0.349 e.